The Morgan fingerprint density at radius 3 is 2.27 bits per heavy atom. The van der Waals surface area contributed by atoms with Gasteiger partial charge in [-0.25, -0.2) is 5.84 Å². The number of hydrazine groups is 1. The molecule has 4 heteroatoms. The van der Waals surface area contributed by atoms with E-state index >= 15 is 0 Å². The maximum absolute atomic E-state index is 5.66. The molecule has 0 amide bonds. The van der Waals surface area contributed by atoms with Gasteiger partial charge in [-0.1, -0.05) is 19.3 Å². The minimum absolute atomic E-state index is 0.317. The minimum atomic E-state index is 0.317. The zero-order chi connectivity index (χ0) is 8.27. The molecular formula is C7H15N3S. The molecule has 11 heavy (non-hydrogen) atoms. The summed E-state index contributed by atoms with van der Waals surface area (Å²) in [7, 11) is 0. The Bertz CT molecular complexity index is 143. The van der Waals surface area contributed by atoms with Crippen LogP contribution in [-0.2, 0) is 0 Å². The fourth-order valence-electron chi connectivity index (χ4n) is 1.54. The third kappa shape index (κ3) is 2.31. The van der Waals surface area contributed by atoms with Gasteiger partial charge in [-0.2, -0.15) is 0 Å². The molecule has 0 heterocycles. The highest BCUT2D eigenvalue weighted by molar-refractivity contribution is 7.80. The van der Waals surface area contributed by atoms with Crippen LogP contribution in [0.5, 0.6) is 0 Å². The molecule has 3 nitrogen and oxygen atoms in total. The molecule has 0 saturated heterocycles. The van der Waals surface area contributed by atoms with Gasteiger partial charge in [0.2, 0.25) is 0 Å². The van der Waals surface area contributed by atoms with Crippen molar-refractivity contribution >= 4 is 17.3 Å². The van der Waals surface area contributed by atoms with E-state index < -0.39 is 0 Å². The molecule has 0 bridgehead atoms. The fraction of sp³-hybridized carbons (Fsp3) is 0.857. The molecule has 0 unspecified atom stereocenters. The van der Waals surface area contributed by atoms with Crippen LogP contribution >= 0.6 is 12.2 Å². The number of thiocarbonyl (C=S) groups is 1. The first-order valence-electron chi connectivity index (χ1n) is 4.05. The Hall–Kier alpha value is -0.350. The number of nitrogens with two attached hydrogens (primary N) is 2. The quantitative estimate of drug-likeness (QED) is 0.349. The number of nitrogens with zero attached hydrogens (tertiary/aromatic N) is 1. The van der Waals surface area contributed by atoms with E-state index in [0.717, 1.165) is 12.8 Å². The molecule has 0 aromatic heterocycles. The van der Waals surface area contributed by atoms with Gasteiger partial charge in [0.1, 0.15) is 0 Å². The molecule has 4 N–H and O–H groups in total. The molecular weight excluding hydrogens is 158 g/mol. The van der Waals surface area contributed by atoms with Crippen LogP contribution in [0.4, 0.5) is 0 Å². The van der Waals surface area contributed by atoms with Gasteiger partial charge in [0.15, 0.2) is 5.11 Å². The summed E-state index contributed by atoms with van der Waals surface area (Å²) in [6.07, 6.45) is 6.09. The van der Waals surface area contributed by atoms with E-state index in [2.05, 4.69) is 0 Å². The van der Waals surface area contributed by atoms with E-state index in [-0.39, 0.29) is 0 Å². The van der Waals surface area contributed by atoms with Crippen molar-refractivity contribution in [2.75, 3.05) is 0 Å². The van der Waals surface area contributed by atoms with E-state index in [0.29, 0.717) is 11.2 Å². The Balaban J connectivity index is 2.38. The van der Waals surface area contributed by atoms with Gasteiger partial charge in [0.25, 0.3) is 0 Å². The lowest BCUT2D eigenvalue weighted by Gasteiger charge is -2.30. The van der Waals surface area contributed by atoms with Gasteiger partial charge in [-0.3, -0.25) is 5.01 Å². The third-order valence-electron chi connectivity index (χ3n) is 2.22. The molecule has 1 aliphatic rings. The summed E-state index contributed by atoms with van der Waals surface area (Å²) in [5.74, 6) is 5.66. The van der Waals surface area contributed by atoms with Crippen molar-refractivity contribution in [1.29, 1.82) is 0 Å². The van der Waals surface area contributed by atoms with Gasteiger partial charge < -0.3 is 5.73 Å². The second kappa shape index (κ2) is 3.88. The van der Waals surface area contributed by atoms with Crippen LogP contribution in [0.1, 0.15) is 32.1 Å². The largest absolute Gasteiger partial charge is 0.375 e. The standard InChI is InChI=1S/C7H15N3S/c8-7(11)10(9)6-4-2-1-3-5-6/h6H,1-5,9H2,(H2,8,11). The fourth-order valence-corrected chi connectivity index (χ4v) is 1.69. The SMILES string of the molecule is NC(=S)N(N)C1CCCCC1. The van der Waals surface area contributed by atoms with Gasteiger partial charge >= 0.3 is 0 Å². The van der Waals surface area contributed by atoms with Crippen molar-refractivity contribution < 1.29 is 0 Å². The first-order valence-corrected chi connectivity index (χ1v) is 4.46. The van der Waals surface area contributed by atoms with E-state index in [1.807, 2.05) is 0 Å². The van der Waals surface area contributed by atoms with Gasteiger partial charge in [0, 0.05) is 6.04 Å². The van der Waals surface area contributed by atoms with E-state index in [9.17, 15) is 0 Å². The van der Waals surface area contributed by atoms with Crippen LogP contribution in [0.3, 0.4) is 0 Å². The van der Waals surface area contributed by atoms with Gasteiger partial charge in [-0.05, 0) is 25.1 Å². The highest BCUT2D eigenvalue weighted by atomic mass is 32.1. The van der Waals surface area contributed by atoms with Crippen LogP contribution in [0.15, 0.2) is 0 Å². The Kier molecular flexibility index (Phi) is 3.08. The predicted octanol–water partition coefficient (Wildman–Crippen LogP) is 0.738. The van der Waals surface area contributed by atoms with Crippen molar-refractivity contribution in [1.82, 2.24) is 5.01 Å². The Morgan fingerprint density at radius 2 is 1.82 bits per heavy atom. The highest BCUT2D eigenvalue weighted by Crippen LogP contribution is 2.20. The number of hydrogen-bond donors (Lipinski definition) is 2. The zero-order valence-electron chi connectivity index (χ0n) is 6.62. The summed E-state index contributed by atoms with van der Waals surface area (Å²) < 4.78 is 0. The average Bonchev–Trinajstić information content (AvgIpc) is 2.05. The molecule has 0 radical (unpaired) electrons. The van der Waals surface area contributed by atoms with Crippen molar-refractivity contribution in [3.8, 4) is 0 Å². The average molecular weight is 173 g/mol. The molecule has 1 aliphatic carbocycles. The second-order valence-corrected chi connectivity index (χ2v) is 3.46. The topological polar surface area (TPSA) is 55.3 Å². The molecule has 0 aromatic carbocycles. The molecule has 1 saturated carbocycles. The predicted molar refractivity (Wildman–Crippen MR) is 49.7 cm³/mol. The lowest BCUT2D eigenvalue weighted by atomic mass is 9.95. The third-order valence-corrected chi connectivity index (χ3v) is 2.43. The molecule has 1 fully saturated rings. The number of hydrogen-bond acceptors (Lipinski definition) is 2. The van der Waals surface area contributed by atoms with Gasteiger partial charge in [-0.15, -0.1) is 0 Å². The van der Waals surface area contributed by atoms with Crippen molar-refractivity contribution in [2.45, 2.75) is 38.1 Å². The second-order valence-electron chi connectivity index (χ2n) is 3.04. The summed E-state index contributed by atoms with van der Waals surface area (Å²) in [6.45, 7) is 0. The van der Waals surface area contributed by atoms with E-state index in [4.69, 9.17) is 23.8 Å². The lowest BCUT2D eigenvalue weighted by molar-refractivity contribution is 0.250. The smallest absolute Gasteiger partial charge is 0.180 e. The summed E-state index contributed by atoms with van der Waals surface area (Å²) in [5.41, 5.74) is 5.40. The summed E-state index contributed by atoms with van der Waals surface area (Å²) in [4.78, 5) is 0. The van der Waals surface area contributed by atoms with Crippen LogP contribution in [-0.4, -0.2) is 16.2 Å². The first-order chi connectivity index (χ1) is 5.22. The molecule has 0 aromatic rings. The normalized spacial score (nSPS) is 19.7. The minimum Gasteiger partial charge on any atom is -0.375 e. The van der Waals surface area contributed by atoms with Crippen LogP contribution < -0.4 is 11.6 Å². The molecule has 0 aliphatic heterocycles. The molecule has 64 valence electrons. The highest BCUT2D eigenvalue weighted by Gasteiger charge is 2.18. The molecule has 1 rings (SSSR count). The lowest BCUT2D eigenvalue weighted by Crippen LogP contribution is -2.48. The molecule has 0 spiro atoms. The van der Waals surface area contributed by atoms with E-state index in [1.54, 1.807) is 0 Å². The zero-order valence-corrected chi connectivity index (χ0v) is 7.44. The Morgan fingerprint density at radius 1 is 1.27 bits per heavy atom. The van der Waals surface area contributed by atoms with Crippen molar-refractivity contribution in [2.24, 2.45) is 11.6 Å². The van der Waals surface area contributed by atoms with Crippen molar-refractivity contribution in [3.63, 3.8) is 0 Å². The van der Waals surface area contributed by atoms with Crippen LogP contribution in [0.2, 0.25) is 0 Å². The maximum atomic E-state index is 5.66. The summed E-state index contributed by atoms with van der Waals surface area (Å²) in [5, 5.41) is 1.85. The van der Waals surface area contributed by atoms with E-state index in [1.165, 1.54) is 24.3 Å². The van der Waals surface area contributed by atoms with Crippen LogP contribution in [0.25, 0.3) is 0 Å². The monoisotopic (exact) mass is 173 g/mol. The number of rotatable bonds is 1. The summed E-state index contributed by atoms with van der Waals surface area (Å²) >= 11 is 4.78. The van der Waals surface area contributed by atoms with Gasteiger partial charge in [0.05, 0.1) is 0 Å². The van der Waals surface area contributed by atoms with Crippen molar-refractivity contribution in [3.05, 3.63) is 0 Å². The van der Waals surface area contributed by atoms with Crippen LogP contribution in [0, 0.1) is 0 Å². The maximum Gasteiger partial charge on any atom is 0.180 e. The first kappa shape index (κ1) is 8.74. The Labute approximate surface area is 72.7 Å². The molecule has 0 atom stereocenters. The summed E-state index contributed by atoms with van der Waals surface area (Å²) in [6, 6.07) is 0.390.